The van der Waals surface area contributed by atoms with Crippen LogP contribution in [0, 0.1) is 0 Å². The summed E-state index contributed by atoms with van der Waals surface area (Å²) in [6.45, 7) is 4.37. The minimum Gasteiger partial charge on any atom is -0.391 e. The predicted molar refractivity (Wildman–Crippen MR) is 208 cm³/mol. The molecule has 3 unspecified atom stereocenters. The van der Waals surface area contributed by atoms with E-state index in [-0.39, 0.29) is 25.5 Å². The number of nitrogens with zero attached hydrogens (tertiary/aromatic N) is 1. The van der Waals surface area contributed by atoms with Crippen LogP contribution in [0.1, 0.15) is 200 Å². The van der Waals surface area contributed by atoms with Crippen LogP contribution in [-0.4, -0.2) is 73.4 Å². The number of nitrogens with one attached hydrogen (secondary N) is 1. The fraction of sp³-hybridized carbons (Fsp3) is 0.975. The van der Waals surface area contributed by atoms with E-state index in [2.05, 4.69) is 12.2 Å². The number of unbranched alkanes of at least 4 members (excludes halogenated alkanes) is 26. The summed E-state index contributed by atoms with van der Waals surface area (Å²) >= 11 is 0. The van der Waals surface area contributed by atoms with Gasteiger partial charge in [-0.3, -0.25) is 13.8 Å². The molecule has 0 heterocycles. The van der Waals surface area contributed by atoms with Crippen molar-refractivity contribution in [2.45, 2.75) is 212 Å². The second kappa shape index (κ2) is 33.3. The number of likely N-dealkylation sites (N-methyl/N-ethyl adjacent to an activating group) is 1. The Kier molecular flexibility index (Phi) is 33.0. The number of phosphoric ester groups is 1. The van der Waals surface area contributed by atoms with Gasteiger partial charge < -0.3 is 19.8 Å². The van der Waals surface area contributed by atoms with Gasteiger partial charge in [0.1, 0.15) is 13.2 Å². The molecule has 0 saturated heterocycles. The van der Waals surface area contributed by atoms with Crippen molar-refractivity contribution in [2.75, 3.05) is 40.9 Å². The van der Waals surface area contributed by atoms with Crippen molar-refractivity contribution in [3.63, 3.8) is 0 Å². The highest BCUT2D eigenvalue weighted by atomic mass is 31.2. The smallest absolute Gasteiger partial charge is 0.391 e. The number of amides is 1. The molecule has 0 aliphatic rings. The van der Waals surface area contributed by atoms with Gasteiger partial charge >= 0.3 is 7.82 Å². The van der Waals surface area contributed by atoms with Crippen molar-refractivity contribution in [3.8, 4) is 0 Å². The van der Waals surface area contributed by atoms with Crippen LogP contribution >= 0.6 is 7.82 Å². The number of phosphoric acid groups is 1. The van der Waals surface area contributed by atoms with Crippen LogP contribution in [0.2, 0.25) is 0 Å². The number of quaternary nitrogens is 1. The minimum absolute atomic E-state index is 0.0748. The summed E-state index contributed by atoms with van der Waals surface area (Å²) in [7, 11) is 1.61. The average Bonchev–Trinajstić information content (AvgIpc) is 3.05. The van der Waals surface area contributed by atoms with Crippen molar-refractivity contribution in [3.05, 3.63) is 0 Å². The first-order valence-electron chi connectivity index (χ1n) is 20.9. The number of rotatable bonds is 38. The molecule has 0 aromatic heterocycles. The Bertz CT molecular complexity index is 778. The highest BCUT2D eigenvalue weighted by Gasteiger charge is 2.28. The average molecular weight is 720 g/mol. The van der Waals surface area contributed by atoms with Gasteiger partial charge in [-0.2, -0.15) is 0 Å². The van der Waals surface area contributed by atoms with E-state index in [1.165, 1.54) is 154 Å². The first-order valence-corrected chi connectivity index (χ1v) is 22.4. The van der Waals surface area contributed by atoms with Gasteiger partial charge in [0.2, 0.25) is 5.91 Å². The third-order valence-corrected chi connectivity index (χ3v) is 10.7. The summed E-state index contributed by atoms with van der Waals surface area (Å²) in [6, 6.07) is -0.751. The van der Waals surface area contributed by atoms with Gasteiger partial charge in [-0.15, -0.1) is 0 Å². The fourth-order valence-electron chi connectivity index (χ4n) is 6.25. The van der Waals surface area contributed by atoms with Crippen LogP contribution < -0.4 is 5.32 Å². The van der Waals surface area contributed by atoms with E-state index in [0.717, 1.165) is 19.3 Å². The van der Waals surface area contributed by atoms with Crippen molar-refractivity contribution >= 4 is 13.7 Å². The number of carbonyl (C=O) groups is 1. The molecule has 294 valence electrons. The summed E-state index contributed by atoms with van der Waals surface area (Å²) in [5, 5.41) is 13.5. The fourth-order valence-corrected chi connectivity index (χ4v) is 6.98. The van der Waals surface area contributed by atoms with E-state index in [9.17, 15) is 19.4 Å². The van der Waals surface area contributed by atoms with Crippen molar-refractivity contribution < 1.29 is 32.9 Å². The van der Waals surface area contributed by atoms with Crippen molar-refractivity contribution in [1.82, 2.24) is 5.32 Å². The van der Waals surface area contributed by atoms with Crippen LogP contribution in [0.15, 0.2) is 0 Å². The second-order valence-electron chi connectivity index (χ2n) is 15.7. The minimum atomic E-state index is -4.27. The van der Waals surface area contributed by atoms with Gasteiger partial charge in [0, 0.05) is 6.42 Å². The Balaban J connectivity index is 3.65. The summed E-state index contributed by atoms with van der Waals surface area (Å²) in [5.41, 5.74) is 0. The zero-order valence-electron chi connectivity index (χ0n) is 33.2. The Morgan fingerprint density at radius 2 is 0.959 bits per heavy atom. The maximum Gasteiger partial charge on any atom is 0.472 e. The number of aliphatic hydroxyl groups is 1. The number of hydrogen-bond donors (Lipinski definition) is 3. The standard InChI is InChI=1S/C40H83N2O6P/c1-6-8-9-10-11-12-13-14-15-16-17-18-19-20-21-22-23-24-25-26-27-28-29-30-31-32-33-34-39(43)38(41-40(44)7-2)37-48-49(45,46)47-36-35-42(3,4)5/h38-39,43H,6-37H2,1-5H3,(H-,41,44,45,46)/p+1. The lowest BCUT2D eigenvalue weighted by Gasteiger charge is -2.26. The van der Waals surface area contributed by atoms with Crippen molar-refractivity contribution in [2.24, 2.45) is 0 Å². The molecule has 1 amide bonds. The lowest BCUT2D eigenvalue weighted by molar-refractivity contribution is -0.870. The molecule has 0 spiro atoms. The van der Waals surface area contributed by atoms with E-state index < -0.39 is 20.0 Å². The topological polar surface area (TPSA) is 105 Å². The van der Waals surface area contributed by atoms with Gasteiger partial charge in [0.25, 0.3) is 0 Å². The maximum absolute atomic E-state index is 12.3. The first-order chi connectivity index (χ1) is 23.5. The quantitative estimate of drug-likeness (QED) is 0.0333. The van der Waals surface area contributed by atoms with Crippen LogP contribution in [0.4, 0.5) is 0 Å². The number of hydrogen-bond acceptors (Lipinski definition) is 5. The molecule has 9 heteroatoms. The van der Waals surface area contributed by atoms with Gasteiger partial charge in [0.05, 0.1) is 39.9 Å². The SMILES string of the molecule is CCCCCCCCCCCCCCCCCCCCCCCCCCCCCC(O)C(COP(=O)(O)OCC[N+](C)(C)C)NC(=O)CC. The Morgan fingerprint density at radius 3 is 1.29 bits per heavy atom. The van der Waals surface area contributed by atoms with E-state index in [1.807, 2.05) is 21.1 Å². The molecule has 3 atom stereocenters. The Morgan fingerprint density at radius 1 is 0.612 bits per heavy atom. The van der Waals surface area contributed by atoms with Gasteiger partial charge in [-0.05, 0) is 6.42 Å². The van der Waals surface area contributed by atoms with E-state index >= 15 is 0 Å². The second-order valence-corrected chi connectivity index (χ2v) is 17.1. The van der Waals surface area contributed by atoms with Gasteiger partial charge in [-0.25, -0.2) is 4.57 Å². The number of aliphatic hydroxyl groups excluding tert-OH is 1. The molecule has 8 nitrogen and oxygen atoms in total. The third-order valence-electron chi connectivity index (χ3n) is 9.67. The molecule has 3 N–H and O–H groups in total. The van der Waals surface area contributed by atoms with E-state index in [4.69, 9.17) is 9.05 Å². The molecule has 0 aliphatic carbocycles. The van der Waals surface area contributed by atoms with E-state index in [1.54, 1.807) is 6.92 Å². The highest BCUT2D eigenvalue weighted by molar-refractivity contribution is 7.47. The zero-order valence-corrected chi connectivity index (χ0v) is 34.1. The van der Waals surface area contributed by atoms with Crippen LogP contribution in [0.3, 0.4) is 0 Å². The first kappa shape index (κ1) is 48.5. The summed E-state index contributed by atoms with van der Waals surface area (Å²) in [4.78, 5) is 22.0. The lowest BCUT2D eigenvalue weighted by atomic mass is 10.0. The molecule has 0 rings (SSSR count). The van der Waals surface area contributed by atoms with Gasteiger partial charge in [-0.1, -0.05) is 187 Å². The molecule has 0 fully saturated rings. The Labute approximate surface area is 304 Å². The third kappa shape index (κ3) is 35.7. The lowest BCUT2D eigenvalue weighted by Crippen LogP contribution is -2.46. The number of carbonyl (C=O) groups excluding carboxylic acids is 1. The summed E-state index contributed by atoms with van der Waals surface area (Å²) < 4.78 is 23.1. The molecule has 0 aromatic carbocycles. The largest absolute Gasteiger partial charge is 0.472 e. The summed E-state index contributed by atoms with van der Waals surface area (Å²) in [5.74, 6) is -0.230. The maximum atomic E-state index is 12.3. The van der Waals surface area contributed by atoms with E-state index in [0.29, 0.717) is 17.4 Å². The molecule has 0 aliphatic heterocycles. The zero-order chi connectivity index (χ0) is 36.5. The monoisotopic (exact) mass is 720 g/mol. The molecule has 49 heavy (non-hydrogen) atoms. The Hall–Kier alpha value is -0.500. The summed E-state index contributed by atoms with van der Waals surface area (Å²) in [6.07, 6.45) is 36.6. The highest BCUT2D eigenvalue weighted by Crippen LogP contribution is 2.43. The van der Waals surface area contributed by atoms with Crippen LogP contribution in [0.5, 0.6) is 0 Å². The molecule has 0 radical (unpaired) electrons. The molecule has 0 saturated carbocycles. The molecular formula is C40H84N2O6P+. The molecular weight excluding hydrogens is 635 g/mol. The van der Waals surface area contributed by atoms with Crippen LogP contribution in [-0.2, 0) is 18.4 Å². The van der Waals surface area contributed by atoms with Gasteiger partial charge in [0.15, 0.2) is 0 Å². The molecule has 0 bridgehead atoms. The predicted octanol–water partition coefficient (Wildman–Crippen LogP) is 11.0. The van der Waals surface area contributed by atoms with Crippen molar-refractivity contribution in [1.29, 1.82) is 0 Å². The molecule has 0 aromatic rings. The van der Waals surface area contributed by atoms with Crippen LogP contribution in [0.25, 0.3) is 0 Å². The normalized spacial score (nSPS) is 14.5.